The molecule has 6 heteroatoms. The Kier molecular flexibility index (Phi) is 4.78. The molecule has 0 radical (unpaired) electrons. The Labute approximate surface area is 131 Å². The number of carbonyl (C=O) groups excluding carboxylic acids is 1. The Morgan fingerprint density at radius 2 is 2.14 bits per heavy atom. The van der Waals surface area contributed by atoms with E-state index in [-0.39, 0.29) is 11.8 Å². The first kappa shape index (κ1) is 15.5. The van der Waals surface area contributed by atoms with E-state index >= 15 is 0 Å². The molecule has 1 aromatic heterocycles. The normalized spacial score (nSPS) is 28.0. The van der Waals surface area contributed by atoms with E-state index < -0.39 is 0 Å². The van der Waals surface area contributed by atoms with Crippen molar-refractivity contribution in [3.63, 3.8) is 0 Å². The highest BCUT2D eigenvalue weighted by Gasteiger charge is 2.42. The number of nitrogens with zero attached hydrogens (tertiary/aromatic N) is 3. The highest BCUT2D eigenvalue weighted by Crippen LogP contribution is 2.41. The van der Waals surface area contributed by atoms with Crippen LogP contribution in [0.1, 0.15) is 18.4 Å². The van der Waals surface area contributed by atoms with Crippen LogP contribution in [0.2, 0.25) is 0 Å². The molecule has 2 heterocycles. The number of rotatable bonds is 6. The molecule has 1 aliphatic carbocycles. The summed E-state index contributed by atoms with van der Waals surface area (Å²) in [5.74, 6) is 1.77. The first-order chi connectivity index (χ1) is 10.7. The van der Waals surface area contributed by atoms with Gasteiger partial charge in [-0.15, -0.1) is 0 Å². The third-order valence-corrected chi connectivity index (χ3v) is 4.97. The summed E-state index contributed by atoms with van der Waals surface area (Å²) in [7, 11) is 3.61. The van der Waals surface area contributed by atoms with Crippen molar-refractivity contribution in [2.75, 3.05) is 33.4 Å². The van der Waals surface area contributed by atoms with Gasteiger partial charge in [-0.1, -0.05) is 0 Å². The number of amides is 1. The lowest BCUT2D eigenvalue weighted by Crippen LogP contribution is -2.33. The van der Waals surface area contributed by atoms with Crippen LogP contribution < -0.4 is 5.32 Å². The second kappa shape index (κ2) is 6.79. The molecule has 6 nitrogen and oxygen atoms in total. The average Bonchev–Trinajstić information content (AvgIpc) is 3.14. The maximum atomic E-state index is 12.1. The SMILES string of the molecule is COCCNC(=O)C1C[C@@H]2CN(Cc3cnn(C)c3)C[C@@H]2C1. The van der Waals surface area contributed by atoms with Crippen molar-refractivity contribution < 1.29 is 9.53 Å². The largest absolute Gasteiger partial charge is 0.383 e. The Morgan fingerprint density at radius 1 is 1.41 bits per heavy atom. The van der Waals surface area contributed by atoms with Gasteiger partial charge in [0.15, 0.2) is 0 Å². The summed E-state index contributed by atoms with van der Waals surface area (Å²) in [5, 5.41) is 7.21. The van der Waals surface area contributed by atoms with Crippen molar-refractivity contribution in [3.05, 3.63) is 18.0 Å². The highest BCUT2D eigenvalue weighted by molar-refractivity contribution is 5.79. The zero-order chi connectivity index (χ0) is 15.5. The van der Waals surface area contributed by atoms with Gasteiger partial charge >= 0.3 is 0 Å². The Hall–Kier alpha value is -1.40. The minimum absolute atomic E-state index is 0.201. The maximum Gasteiger partial charge on any atom is 0.223 e. The fraction of sp³-hybridized carbons (Fsp3) is 0.750. The van der Waals surface area contributed by atoms with Gasteiger partial charge in [0.05, 0.1) is 12.8 Å². The first-order valence-electron chi connectivity index (χ1n) is 8.12. The number of hydrogen-bond donors (Lipinski definition) is 1. The molecule has 22 heavy (non-hydrogen) atoms. The third-order valence-electron chi connectivity index (χ3n) is 4.97. The lowest BCUT2D eigenvalue weighted by Gasteiger charge is -2.18. The van der Waals surface area contributed by atoms with Crippen LogP contribution >= 0.6 is 0 Å². The van der Waals surface area contributed by atoms with Gasteiger partial charge in [0.1, 0.15) is 0 Å². The number of methoxy groups -OCH3 is 1. The molecule has 3 rings (SSSR count). The zero-order valence-corrected chi connectivity index (χ0v) is 13.5. The van der Waals surface area contributed by atoms with Crippen molar-refractivity contribution in [1.29, 1.82) is 0 Å². The number of nitrogens with one attached hydrogen (secondary N) is 1. The topological polar surface area (TPSA) is 59.4 Å². The van der Waals surface area contributed by atoms with Gasteiger partial charge in [0.25, 0.3) is 0 Å². The number of likely N-dealkylation sites (tertiary alicyclic amines) is 1. The van der Waals surface area contributed by atoms with Crippen molar-refractivity contribution in [2.45, 2.75) is 19.4 Å². The number of fused-ring (bicyclic) bond motifs is 1. The molecule has 1 unspecified atom stereocenters. The van der Waals surface area contributed by atoms with Crippen LogP contribution in [0.4, 0.5) is 0 Å². The standard InChI is InChI=1S/C16H26N4O2/c1-19-8-12(7-18-19)9-20-10-14-5-13(6-15(14)11-20)16(21)17-3-4-22-2/h7-8,13-15H,3-6,9-11H2,1-2H3,(H,17,21)/t13?,14-,15+. The van der Waals surface area contributed by atoms with E-state index in [1.54, 1.807) is 7.11 Å². The van der Waals surface area contributed by atoms with E-state index in [9.17, 15) is 4.79 Å². The maximum absolute atomic E-state index is 12.1. The van der Waals surface area contributed by atoms with Crippen molar-refractivity contribution in [3.8, 4) is 0 Å². The summed E-state index contributed by atoms with van der Waals surface area (Å²) in [6, 6.07) is 0. The highest BCUT2D eigenvalue weighted by atomic mass is 16.5. The van der Waals surface area contributed by atoms with Crippen molar-refractivity contribution in [1.82, 2.24) is 20.0 Å². The number of hydrogen-bond acceptors (Lipinski definition) is 4. The van der Waals surface area contributed by atoms with Gasteiger partial charge in [-0.05, 0) is 24.7 Å². The smallest absolute Gasteiger partial charge is 0.223 e. The van der Waals surface area contributed by atoms with Gasteiger partial charge in [0.2, 0.25) is 5.91 Å². The van der Waals surface area contributed by atoms with Crippen molar-refractivity contribution in [2.24, 2.45) is 24.8 Å². The molecule has 122 valence electrons. The molecule has 1 saturated heterocycles. The van der Waals surface area contributed by atoms with E-state index in [4.69, 9.17) is 4.74 Å². The predicted octanol–water partition coefficient (Wildman–Crippen LogP) is 0.641. The third kappa shape index (κ3) is 3.50. The summed E-state index contributed by atoms with van der Waals surface area (Å²) >= 11 is 0. The quantitative estimate of drug-likeness (QED) is 0.784. The van der Waals surface area contributed by atoms with E-state index in [1.165, 1.54) is 5.56 Å². The van der Waals surface area contributed by atoms with E-state index in [1.807, 2.05) is 17.9 Å². The van der Waals surface area contributed by atoms with Gasteiger partial charge in [-0.3, -0.25) is 14.4 Å². The van der Waals surface area contributed by atoms with Gasteiger partial charge in [-0.2, -0.15) is 5.10 Å². The first-order valence-corrected chi connectivity index (χ1v) is 8.12. The zero-order valence-electron chi connectivity index (χ0n) is 13.5. The summed E-state index contributed by atoms with van der Waals surface area (Å²) in [6.07, 6.45) is 6.10. The van der Waals surface area contributed by atoms with E-state index in [2.05, 4.69) is 21.5 Å². The fourth-order valence-electron chi connectivity index (χ4n) is 3.97. The molecule has 1 N–H and O–H groups in total. The second-order valence-electron chi connectivity index (χ2n) is 6.69. The molecular formula is C16H26N4O2. The Balaban J connectivity index is 1.45. The summed E-state index contributed by atoms with van der Waals surface area (Å²) in [5.41, 5.74) is 1.27. The fourth-order valence-corrected chi connectivity index (χ4v) is 3.97. The minimum Gasteiger partial charge on any atom is -0.383 e. The number of aryl methyl sites for hydroxylation is 1. The lowest BCUT2D eigenvalue weighted by molar-refractivity contribution is -0.125. The molecule has 2 fully saturated rings. The van der Waals surface area contributed by atoms with Crippen LogP contribution in [0.15, 0.2) is 12.4 Å². The van der Waals surface area contributed by atoms with Crippen molar-refractivity contribution >= 4 is 5.91 Å². The van der Waals surface area contributed by atoms with Crippen LogP contribution in [0, 0.1) is 17.8 Å². The Morgan fingerprint density at radius 3 is 2.73 bits per heavy atom. The van der Waals surface area contributed by atoms with Gasteiger partial charge in [-0.25, -0.2) is 0 Å². The summed E-state index contributed by atoms with van der Waals surface area (Å²) < 4.78 is 6.83. The molecule has 1 aliphatic heterocycles. The number of aromatic nitrogens is 2. The minimum atomic E-state index is 0.201. The molecule has 0 bridgehead atoms. The summed E-state index contributed by atoms with van der Waals surface area (Å²) in [4.78, 5) is 14.6. The summed E-state index contributed by atoms with van der Waals surface area (Å²) in [6.45, 7) is 4.41. The Bertz CT molecular complexity index is 502. The van der Waals surface area contributed by atoms with E-state index in [0.29, 0.717) is 25.0 Å². The monoisotopic (exact) mass is 306 g/mol. The van der Waals surface area contributed by atoms with Crippen LogP contribution in [0.25, 0.3) is 0 Å². The van der Waals surface area contributed by atoms with Gasteiger partial charge < -0.3 is 10.1 Å². The number of ether oxygens (including phenoxy) is 1. The molecule has 0 aromatic carbocycles. The van der Waals surface area contributed by atoms with Crippen LogP contribution in [0.3, 0.4) is 0 Å². The average molecular weight is 306 g/mol. The predicted molar refractivity (Wildman–Crippen MR) is 83.1 cm³/mol. The molecule has 2 aliphatic rings. The second-order valence-corrected chi connectivity index (χ2v) is 6.69. The number of carbonyl (C=O) groups is 1. The van der Waals surface area contributed by atoms with Crippen LogP contribution in [-0.4, -0.2) is 53.9 Å². The van der Waals surface area contributed by atoms with Crippen LogP contribution in [0.5, 0.6) is 0 Å². The molecule has 1 saturated carbocycles. The lowest BCUT2D eigenvalue weighted by atomic mass is 10.0. The molecule has 1 aromatic rings. The molecule has 0 spiro atoms. The van der Waals surface area contributed by atoms with E-state index in [0.717, 1.165) is 32.5 Å². The molecular weight excluding hydrogens is 280 g/mol. The van der Waals surface area contributed by atoms with Gasteiger partial charge in [0, 0.05) is 58.0 Å². The molecule has 1 amide bonds. The molecule has 3 atom stereocenters. The van der Waals surface area contributed by atoms with Crippen LogP contribution in [-0.2, 0) is 23.1 Å².